The SMILES string of the molecule is Cc1ccc(N=C2NC(=O)/C(=C/c3ccccc3Cl)S2)c(C)c1. The summed E-state index contributed by atoms with van der Waals surface area (Å²) in [4.78, 5) is 17.2. The van der Waals surface area contributed by atoms with E-state index in [0.29, 0.717) is 15.1 Å². The van der Waals surface area contributed by atoms with Crippen LogP contribution in [0.5, 0.6) is 0 Å². The first kappa shape index (κ1) is 15.8. The highest BCUT2D eigenvalue weighted by Gasteiger charge is 2.24. The van der Waals surface area contributed by atoms with Crippen LogP contribution in [0, 0.1) is 13.8 Å². The number of halogens is 1. The van der Waals surface area contributed by atoms with Crippen LogP contribution in [-0.4, -0.2) is 11.1 Å². The maximum atomic E-state index is 12.1. The van der Waals surface area contributed by atoms with Crippen molar-refractivity contribution < 1.29 is 4.79 Å². The first-order valence-electron chi connectivity index (χ1n) is 7.14. The third kappa shape index (κ3) is 3.66. The molecule has 3 rings (SSSR count). The van der Waals surface area contributed by atoms with E-state index in [1.54, 1.807) is 12.1 Å². The van der Waals surface area contributed by atoms with Gasteiger partial charge in [-0.3, -0.25) is 4.79 Å². The quantitative estimate of drug-likeness (QED) is 0.793. The van der Waals surface area contributed by atoms with Crippen molar-refractivity contribution in [3.8, 4) is 0 Å². The highest BCUT2D eigenvalue weighted by Crippen LogP contribution is 2.30. The van der Waals surface area contributed by atoms with E-state index < -0.39 is 0 Å². The molecule has 0 bridgehead atoms. The Morgan fingerprint density at radius 3 is 2.70 bits per heavy atom. The van der Waals surface area contributed by atoms with Crippen molar-refractivity contribution >= 4 is 46.2 Å². The molecule has 1 aliphatic rings. The lowest BCUT2D eigenvalue weighted by molar-refractivity contribution is -0.115. The molecule has 0 atom stereocenters. The van der Waals surface area contributed by atoms with Gasteiger partial charge in [0.2, 0.25) is 0 Å². The van der Waals surface area contributed by atoms with Gasteiger partial charge in [-0.2, -0.15) is 0 Å². The van der Waals surface area contributed by atoms with Gasteiger partial charge in [-0.1, -0.05) is 47.5 Å². The average molecular weight is 343 g/mol. The minimum Gasteiger partial charge on any atom is -0.300 e. The lowest BCUT2D eigenvalue weighted by atomic mass is 10.1. The molecule has 116 valence electrons. The van der Waals surface area contributed by atoms with E-state index in [0.717, 1.165) is 16.8 Å². The van der Waals surface area contributed by atoms with E-state index in [1.807, 2.05) is 44.2 Å². The van der Waals surface area contributed by atoms with Gasteiger partial charge in [-0.15, -0.1) is 0 Å². The number of amides is 1. The smallest absolute Gasteiger partial charge is 0.264 e. The molecule has 0 unspecified atom stereocenters. The summed E-state index contributed by atoms with van der Waals surface area (Å²) in [6.45, 7) is 4.05. The molecule has 2 aromatic carbocycles. The van der Waals surface area contributed by atoms with E-state index in [9.17, 15) is 4.79 Å². The van der Waals surface area contributed by atoms with Crippen molar-refractivity contribution in [3.63, 3.8) is 0 Å². The Hall–Kier alpha value is -2.04. The third-order valence-corrected chi connectivity index (χ3v) is 4.67. The van der Waals surface area contributed by atoms with Gasteiger partial charge in [0.25, 0.3) is 5.91 Å². The maximum absolute atomic E-state index is 12.1. The van der Waals surface area contributed by atoms with Crippen LogP contribution >= 0.6 is 23.4 Å². The molecule has 1 N–H and O–H groups in total. The van der Waals surface area contributed by atoms with E-state index in [1.165, 1.54) is 17.3 Å². The van der Waals surface area contributed by atoms with Gasteiger partial charge in [0.05, 0.1) is 10.6 Å². The fourth-order valence-electron chi connectivity index (χ4n) is 2.25. The van der Waals surface area contributed by atoms with Gasteiger partial charge in [-0.25, -0.2) is 4.99 Å². The van der Waals surface area contributed by atoms with Crippen LogP contribution < -0.4 is 5.32 Å². The van der Waals surface area contributed by atoms with Crippen LogP contribution in [-0.2, 0) is 4.79 Å². The molecule has 2 aromatic rings. The van der Waals surface area contributed by atoms with Crippen LogP contribution in [0.2, 0.25) is 5.02 Å². The lowest BCUT2D eigenvalue weighted by Gasteiger charge is -2.02. The zero-order chi connectivity index (χ0) is 16.4. The molecule has 1 heterocycles. The zero-order valence-electron chi connectivity index (χ0n) is 12.8. The fourth-order valence-corrected chi connectivity index (χ4v) is 3.27. The molecule has 1 fully saturated rings. The Kier molecular flexibility index (Phi) is 4.55. The second-order valence-corrected chi connectivity index (χ2v) is 6.73. The molecule has 1 amide bonds. The number of thioether (sulfide) groups is 1. The van der Waals surface area contributed by atoms with Crippen molar-refractivity contribution in [1.82, 2.24) is 5.32 Å². The highest BCUT2D eigenvalue weighted by atomic mass is 35.5. The molecular weight excluding hydrogens is 328 g/mol. The molecule has 1 aliphatic heterocycles. The molecule has 0 aliphatic carbocycles. The molecule has 0 aromatic heterocycles. The summed E-state index contributed by atoms with van der Waals surface area (Å²) in [6.07, 6.45) is 1.78. The van der Waals surface area contributed by atoms with Crippen LogP contribution in [0.3, 0.4) is 0 Å². The topological polar surface area (TPSA) is 41.5 Å². The fraction of sp³-hybridized carbons (Fsp3) is 0.111. The number of benzene rings is 2. The summed E-state index contributed by atoms with van der Waals surface area (Å²) in [6, 6.07) is 13.5. The summed E-state index contributed by atoms with van der Waals surface area (Å²) in [5.41, 5.74) is 3.95. The van der Waals surface area contributed by atoms with E-state index >= 15 is 0 Å². The Balaban J connectivity index is 1.88. The summed E-state index contributed by atoms with van der Waals surface area (Å²) >= 11 is 7.46. The maximum Gasteiger partial charge on any atom is 0.264 e. The predicted octanol–water partition coefficient (Wildman–Crippen LogP) is 4.85. The van der Waals surface area contributed by atoms with Gasteiger partial charge in [0, 0.05) is 5.02 Å². The van der Waals surface area contributed by atoms with Gasteiger partial charge in [0.15, 0.2) is 5.17 Å². The molecular formula is C18H15ClN2OS. The second-order valence-electron chi connectivity index (χ2n) is 5.29. The number of carbonyl (C=O) groups excluding carboxylic acids is 1. The van der Waals surface area contributed by atoms with Crippen LogP contribution in [0.4, 0.5) is 5.69 Å². The number of nitrogens with zero attached hydrogens (tertiary/aromatic N) is 1. The Bertz CT molecular complexity index is 843. The van der Waals surface area contributed by atoms with E-state index in [-0.39, 0.29) is 5.91 Å². The minimum absolute atomic E-state index is 0.154. The van der Waals surface area contributed by atoms with Gasteiger partial charge in [-0.05, 0) is 54.9 Å². The summed E-state index contributed by atoms with van der Waals surface area (Å²) in [5.74, 6) is -0.154. The number of nitrogens with one attached hydrogen (secondary N) is 1. The van der Waals surface area contributed by atoms with Crippen LogP contribution in [0.25, 0.3) is 6.08 Å². The van der Waals surface area contributed by atoms with Gasteiger partial charge in [0.1, 0.15) is 0 Å². The van der Waals surface area contributed by atoms with Crippen molar-refractivity contribution in [3.05, 3.63) is 69.1 Å². The largest absolute Gasteiger partial charge is 0.300 e. The van der Waals surface area contributed by atoms with Gasteiger partial charge < -0.3 is 5.32 Å². The van der Waals surface area contributed by atoms with Crippen LogP contribution in [0.15, 0.2) is 52.4 Å². The minimum atomic E-state index is -0.154. The lowest BCUT2D eigenvalue weighted by Crippen LogP contribution is -2.19. The van der Waals surface area contributed by atoms with E-state index in [4.69, 9.17) is 11.6 Å². The molecule has 0 radical (unpaired) electrons. The molecule has 0 spiro atoms. The Labute approximate surface area is 144 Å². The van der Waals surface area contributed by atoms with Crippen molar-refractivity contribution in [1.29, 1.82) is 0 Å². The molecule has 23 heavy (non-hydrogen) atoms. The van der Waals surface area contributed by atoms with Crippen molar-refractivity contribution in [2.75, 3.05) is 0 Å². The predicted molar refractivity (Wildman–Crippen MR) is 98.2 cm³/mol. The monoisotopic (exact) mass is 342 g/mol. The number of aliphatic imine (C=N–C) groups is 1. The Morgan fingerprint density at radius 1 is 1.17 bits per heavy atom. The first-order chi connectivity index (χ1) is 11.0. The second kappa shape index (κ2) is 6.60. The number of amidine groups is 1. The van der Waals surface area contributed by atoms with E-state index in [2.05, 4.69) is 16.4 Å². The van der Waals surface area contributed by atoms with Crippen molar-refractivity contribution in [2.24, 2.45) is 4.99 Å². The zero-order valence-corrected chi connectivity index (χ0v) is 14.3. The first-order valence-corrected chi connectivity index (χ1v) is 8.34. The summed E-state index contributed by atoms with van der Waals surface area (Å²) in [7, 11) is 0. The third-order valence-electron chi connectivity index (χ3n) is 3.42. The number of hydrogen-bond acceptors (Lipinski definition) is 3. The Morgan fingerprint density at radius 2 is 1.96 bits per heavy atom. The summed E-state index contributed by atoms with van der Waals surface area (Å²) in [5, 5.41) is 4.00. The average Bonchev–Trinajstić information content (AvgIpc) is 2.84. The van der Waals surface area contributed by atoms with Crippen LogP contribution in [0.1, 0.15) is 16.7 Å². The number of hydrogen-bond donors (Lipinski definition) is 1. The standard InChI is InChI=1S/C18H15ClN2OS/c1-11-7-8-15(12(2)9-11)20-18-21-17(22)16(23-18)10-13-5-3-4-6-14(13)19/h3-10H,1-2H3,(H,20,21,22)/b16-10-. The molecule has 5 heteroatoms. The van der Waals surface area contributed by atoms with Crippen molar-refractivity contribution in [2.45, 2.75) is 13.8 Å². The molecule has 3 nitrogen and oxygen atoms in total. The number of carbonyl (C=O) groups is 1. The normalized spacial score (nSPS) is 17.8. The number of rotatable bonds is 2. The van der Waals surface area contributed by atoms with Gasteiger partial charge >= 0.3 is 0 Å². The molecule has 1 saturated heterocycles. The molecule has 0 saturated carbocycles. The highest BCUT2D eigenvalue weighted by molar-refractivity contribution is 8.18. The number of aryl methyl sites for hydroxylation is 2. The summed E-state index contributed by atoms with van der Waals surface area (Å²) < 4.78 is 0.